The molecule has 2 aliphatic rings. The minimum Gasteiger partial charge on any atom is -0.342 e. The van der Waals surface area contributed by atoms with E-state index in [9.17, 15) is 9.18 Å². The average molecular weight is 382 g/mol. The topological polar surface area (TPSA) is 49.3 Å². The second-order valence-corrected chi connectivity index (χ2v) is 8.08. The number of nitrogens with zero attached hydrogens (tertiary/aromatic N) is 4. The lowest BCUT2D eigenvalue weighted by Gasteiger charge is -2.37. The third kappa shape index (κ3) is 4.16. The molecule has 3 heterocycles. The highest BCUT2D eigenvalue weighted by molar-refractivity contribution is 5.79. The summed E-state index contributed by atoms with van der Waals surface area (Å²) in [6.07, 6.45) is 7.57. The molecule has 0 N–H and O–H groups in total. The molecule has 2 aliphatic heterocycles. The van der Waals surface area contributed by atoms with Crippen LogP contribution in [0.3, 0.4) is 0 Å². The summed E-state index contributed by atoms with van der Waals surface area (Å²) in [6.45, 7) is 5.56. The van der Waals surface area contributed by atoms with Gasteiger partial charge in [-0.15, -0.1) is 0 Å². The first-order valence-corrected chi connectivity index (χ1v) is 10.2. The molecule has 6 heteroatoms. The van der Waals surface area contributed by atoms with Gasteiger partial charge in [-0.1, -0.05) is 19.1 Å². The lowest BCUT2D eigenvalue weighted by Crippen LogP contribution is -2.47. The molecule has 0 bridgehead atoms. The standard InChI is InChI=1S/C22H27FN4O/c1-16-7-10-26(11-8-16)21(28)18-5-3-9-27(15-18)22-24-13-19(14-25-22)17-4-2-6-20(23)12-17/h2,4,6,12-14,16,18H,3,5,7-11,15H2,1H3. The van der Waals surface area contributed by atoms with Crippen LogP contribution in [-0.4, -0.2) is 47.0 Å². The molecule has 148 valence electrons. The van der Waals surface area contributed by atoms with Crippen LogP contribution in [0.1, 0.15) is 32.6 Å². The molecule has 0 aliphatic carbocycles. The minimum atomic E-state index is -0.272. The maximum absolute atomic E-state index is 13.4. The predicted molar refractivity (Wildman–Crippen MR) is 107 cm³/mol. The molecule has 1 atom stereocenters. The molecule has 0 spiro atoms. The Morgan fingerprint density at radius 2 is 1.82 bits per heavy atom. The molecule has 0 saturated carbocycles. The monoisotopic (exact) mass is 382 g/mol. The third-order valence-corrected chi connectivity index (χ3v) is 5.94. The molecule has 1 aromatic carbocycles. The van der Waals surface area contributed by atoms with Crippen LogP contribution in [0.4, 0.5) is 10.3 Å². The number of benzene rings is 1. The van der Waals surface area contributed by atoms with E-state index in [1.54, 1.807) is 18.5 Å². The number of rotatable bonds is 3. The molecule has 1 aromatic heterocycles. The smallest absolute Gasteiger partial charge is 0.227 e. The number of halogens is 1. The number of hydrogen-bond donors (Lipinski definition) is 0. The third-order valence-electron chi connectivity index (χ3n) is 5.94. The minimum absolute atomic E-state index is 0.0219. The van der Waals surface area contributed by atoms with Crippen LogP contribution in [0.2, 0.25) is 0 Å². The van der Waals surface area contributed by atoms with Crippen molar-refractivity contribution in [2.24, 2.45) is 11.8 Å². The van der Waals surface area contributed by atoms with Gasteiger partial charge < -0.3 is 9.80 Å². The summed E-state index contributed by atoms with van der Waals surface area (Å²) in [5.74, 6) is 1.40. The molecule has 1 amide bonds. The maximum atomic E-state index is 13.4. The molecule has 2 aromatic rings. The molecular formula is C22H27FN4O. The summed E-state index contributed by atoms with van der Waals surface area (Å²) in [5.41, 5.74) is 1.55. The predicted octanol–water partition coefficient (Wildman–Crippen LogP) is 3.76. The van der Waals surface area contributed by atoms with Crippen molar-refractivity contribution < 1.29 is 9.18 Å². The number of piperidine rings is 2. The summed E-state index contributed by atoms with van der Waals surface area (Å²) >= 11 is 0. The van der Waals surface area contributed by atoms with Crippen LogP contribution < -0.4 is 4.90 Å². The van der Waals surface area contributed by atoms with Crippen LogP contribution in [0, 0.1) is 17.7 Å². The zero-order valence-electron chi connectivity index (χ0n) is 16.4. The molecule has 4 rings (SSSR count). The van der Waals surface area contributed by atoms with Crippen molar-refractivity contribution in [1.29, 1.82) is 0 Å². The van der Waals surface area contributed by atoms with E-state index in [1.807, 2.05) is 11.0 Å². The maximum Gasteiger partial charge on any atom is 0.227 e. The summed E-state index contributed by atoms with van der Waals surface area (Å²) < 4.78 is 13.4. The van der Waals surface area contributed by atoms with Crippen LogP contribution in [-0.2, 0) is 4.79 Å². The number of carbonyl (C=O) groups excluding carboxylic acids is 1. The molecule has 1 unspecified atom stereocenters. The fraction of sp³-hybridized carbons (Fsp3) is 0.500. The van der Waals surface area contributed by atoms with E-state index >= 15 is 0 Å². The summed E-state index contributed by atoms with van der Waals surface area (Å²) in [6, 6.07) is 6.43. The van der Waals surface area contributed by atoms with E-state index in [0.717, 1.165) is 62.4 Å². The van der Waals surface area contributed by atoms with Crippen LogP contribution >= 0.6 is 0 Å². The first-order valence-electron chi connectivity index (χ1n) is 10.2. The number of likely N-dealkylation sites (tertiary alicyclic amines) is 1. The average Bonchev–Trinajstić information content (AvgIpc) is 2.74. The van der Waals surface area contributed by atoms with E-state index in [2.05, 4.69) is 21.8 Å². The van der Waals surface area contributed by atoms with Crippen LogP contribution in [0.15, 0.2) is 36.7 Å². The molecular weight excluding hydrogens is 355 g/mol. The zero-order chi connectivity index (χ0) is 19.5. The van der Waals surface area contributed by atoms with Gasteiger partial charge in [0.1, 0.15) is 5.82 Å². The van der Waals surface area contributed by atoms with Gasteiger partial charge in [-0.25, -0.2) is 14.4 Å². The highest BCUT2D eigenvalue weighted by Crippen LogP contribution is 2.26. The van der Waals surface area contributed by atoms with Gasteiger partial charge in [0.05, 0.1) is 5.92 Å². The lowest BCUT2D eigenvalue weighted by molar-refractivity contribution is -0.137. The van der Waals surface area contributed by atoms with Gasteiger partial charge in [-0.05, 0) is 49.3 Å². The van der Waals surface area contributed by atoms with E-state index in [0.29, 0.717) is 12.5 Å². The van der Waals surface area contributed by atoms with Crippen molar-refractivity contribution in [3.05, 3.63) is 42.5 Å². The van der Waals surface area contributed by atoms with Gasteiger partial charge >= 0.3 is 0 Å². The summed E-state index contributed by atoms with van der Waals surface area (Å²) in [7, 11) is 0. The van der Waals surface area contributed by atoms with E-state index in [-0.39, 0.29) is 17.6 Å². The number of amides is 1. The second-order valence-electron chi connectivity index (χ2n) is 8.08. The number of hydrogen-bond acceptors (Lipinski definition) is 4. The molecule has 2 saturated heterocycles. The van der Waals surface area contributed by atoms with Crippen molar-refractivity contribution in [1.82, 2.24) is 14.9 Å². The Balaban J connectivity index is 1.42. The second kappa shape index (κ2) is 8.25. The van der Waals surface area contributed by atoms with Crippen LogP contribution in [0.5, 0.6) is 0 Å². The first kappa shape index (κ1) is 18.8. The lowest BCUT2D eigenvalue weighted by atomic mass is 9.93. The summed E-state index contributed by atoms with van der Waals surface area (Å²) in [5, 5.41) is 0. The Bertz CT molecular complexity index is 818. The molecule has 5 nitrogen and oxygen atoms in total. The van der Waals surface area contributed by atoms with Gasteiger partial charge in [0.25, 0.3) is 0 Å². The zero-order valence-corrected chi connectivity index (χ0v) is 16.4. The number of aromatic nitrogens is 2. The van der Waals surface area contributed by atoms with Gasteiger partial charge in [-0.3, -0.25) is 4.79 Å². The van der Waals surface area contributed by atoms with Gasteiger partial charge in [0, 0.05) is 44.1 Å². The number of carbonyl (C=O) groups is 1. The van der Waals surface area contributed by atoms with E-state index in [4.69, 9.17) is 0 Å². The Morgan fingerprint density at radius 3 is 2.54 bits per heavy atom. The normalized spacial score (nSPS) is 21.0. The molecule has 28 heavy (non-hydrogen) atoms. The molecule has 2 fully saturated rings. The first-order chi connectivity index (χ1) is 13.6. The quantitative estimate of drug-likeness (QED) is 0.811. The van der Waals surface area contributed by atoms with E-state index < -0.39 is 0 Å². The Morgan fingerprint density at radius 1 is 1.07 bits per heavy atom. The molecule has 0 radical (unpaired) electrons. The van der Waals surface area contributed by atoms with Crippen molar-refractivity contribution >= 4 is 11.9 Å². The van der Waals surface area contributed by atoms with Gasteiger partial charge in [0.15, 0.2) is 0 Å². The van der Waals surface area contributed by atoms with Crippen molar-refractivity contribution in [2.75, 3.05) is 31.1 Å². The van der Waals surface area contributed by atoms with Crippen molar-refractivity contribution in [2.45, 2.75) is 32.6 Å². The largest absolute Gasteiger partial charge is 0.342 e. The highest BCUT2D eigenvalue weighted by atomic mass is 19.1. The van der Waals surface area contributed by atoms with Crippen molar-refractivity contribution in [3.8, 4) is 11.1 Å². The number of anilines is 1. The fourth-order valence-electron chi connectivity index (χ4n) is 4.15. The highest BCUT2D eigenvalue weighted by Gasteiger charge is 2.31. The SMILES string of the molecule is CC1CCN(C(=O)C2CCCN(c3ncc(-c4cccc(F)c4)cn3)C2)CC1. The van der Waals surface area contributed by atoms with E-state index in [1.165, 1.54) is 12.1 Å². The van der Waals surface area contributed by atoms with Crippen LogP contribution in [0.25, 0.3) is 11.1 Å². The van der Waals surface area contributed by atoms with Gasteiger partial charge in [-0.2, -0.15) is 0 Å². The Labute approximate surface area is 165 Å². The van der Waals surface area contributed by atoms with Gasteiger partial charge in [0.2, 0.25) is 11.9 Å². The fourth-order valence-corrected chi connectivity index (χ4v) is 4.15. The van der Waals surface area contributed by atoms with Crippen molar-refractivity contribution in [3.63, 3.8) is 0 Å². The summed E-state index contributed by atoms with van der Waals surface area (Å²) in [4.78, 5) is 26.1. The Kier molecular flexibility index (Phi) is 5.55. The Hall–Kier alpha value is -2.50.